The zero-order valence-corrected chi connectivity index (χ0v) is 10.4. The number of nitrogen functional groups attached to an aromatic ring is 1. The number of rotatable bonds is 4. The number of aromatic nitrogens is 2. The smallest absolute Gasteiger partial charge is 0.167 e. The van der Waals surface area contributed by atoms with E-state index in [4.69, 9.17) is 11.1 Å². The van der Waals surface area contributed by atoms with Gasteiger partial charge in [-0.2, -0.15) is 0 Å². The van der Waals surface area contributed by atoms with E-state index in [-0.39, 0.29) is 5.84 Å². The third-order valence-electron chi connectivity index (χ3n) is 2.41. The molecule has 0 atom stereocenters. The number of hydrogen-bond donors (Lipinski definition) is 2. The molecule has 1 aromatic carbocycles. The molecule has 0 saturated heterocycles. The van der Waals surface area contributed by atoms with Gasteiger partial charge in [-0.3, -0.25) is 5.41 Å². The molecule has 0 spiro atoms. The third kappa shape index (κ3) is 2.88. The molecule has 5 heteroatoms. The van der Waals surface area contributed by atoms with E-state index in [2.05, 4.69) is 4.98 Å². The fourth-order valence-corrected chi connectivity index (χ4v) is 2.31. The molecular formula is C12H14N4S. The highest BCUT2D eigenvalue weighted by Gasteiger charge is 2.01. The number of nitrogens with zero attached hydrogens (tertiary/aromatic N) is 2. The predicted octanol–water partition coefficient (Wildman–Crippen LogP) is 2.00. The summed E-state index contributed by atoms with van der Waals surface area (Å²) >= 11 is 1.69. The maximum atomic E-state index is 7.31. The maximum Gasteiger partial charge on any atom is 0.167 e. The first-order valence-electron chi connectivity index (χ1n) is 5.20. The first kappa shape index (κ1) is 11.7. The van der Waals surface area contributed by atoms with E-state index in [1.54, 1.807) is 18.0 Å². The fraction of sp³-hybridized carbons (Fsp3) is 0.167. The van der Waals surface area contributed by atoms with Crippen LogP contribution in [0.1, 0.15) is 11.1 Å². The summed E-state index contributed by atoms with van der Waals surface area (Å²) in [5.74, 6) is 0.969. The Labute approximate surface area is 104 Å². The van der Waals surface area contributed by atoms with Gasteiger partial charge in [0.05, 0.1) is 0 Å². The fourth-order valence-electron chi connectivity index (χ4n) is 1.42. The highest BCUT2D eigenvalue weighted by molar-refractivity contribution is 7.98. The molecular weight excluding hydrogens is 232 g/mol. The van der Waals surface area contributed by atoms with Crippen molar-refractivity contribution in [1.29, 1.82) is 5.41 Å². The minimum Gasteiger partial charge on any atom is -0.384 e. The van der Waals surface area contributed by atoms with Gasteiger partial charge in [-0.05, 0) is 5.56 Å². The molecule has 0 bridgehead atoms. The number of nitrogens with two attached hydrogens (primary N) is 1. The molecule has 0 fully saturated rings. The zero-order chi connectivity index (χ0) is 12.3. The van der Waals surface area contributed by atoms with Gasteiger partial charge in [0.2, 0.25) is 0 Å². The van der Waals surface area contributed by atoms with E-state index in [0.717, 1.165) is 16.5 Å². The van der Waals surface area contributed by atoms with E-state index >= 15 is 0 Å². The van der Waals surface area contributed by atoms with Crippen LogP contribution in [0.5, 0.6) is 0 Å². The summed E-state index contributed by atoms with van der Waals surface area (Å²) in [5, 5.41) is 8.31. The van der Waals surface area contributed by atoms with Crippen LogP contribution in [0.3, 0.4) is 0 Å². The molecule has 17 heavy (non-hydrogen) atoms. The summed E-state index contributed by atoms with van der Waals surface area (Å²) in [5.41, 5.74) is 7.36. The van der Waals surface area contributed by atoms with Crippen molar-refractivity contribution in [2.75, 3.05) is 0 Å². The van der Waals surface area contributed by atoms with Crippen LogP contribution in [0.2, 0.25) is 0 Å². The number of thioether (sulfide) groups is 1. The Morgan fingerprint density at radius 2 is 2.12 bits per heavy atom. The van der Waals surface area contributed by atoms with Gasteiger partial charge in [-0.25, -0.2) is 4.98 Å². The van der Waals surface area contributed by atoms with Gasteiger partial charge < -0.3 is 10.3 Å². The summed E-state index contributed by atoms with van der Waals surface area (Å²) in [6.45, 7) is 0. The lowest BCUT2D eigenvalue weighted by molar-refractivity contribution is 0.790. The van der Waals surface area contributed by atoms with Crippen molar-refractivity contribution < 1.29 is 0 Å². The molecule has 0 aliphatic heterocycles. The van der Waals surface area contributed by atoms with Crippen LogP contribution >= 0.6 is 11.8 Å². The normalized spacial score (nSPS) is 10.4. The van der Waals surface area contributed by atoms with Crippen molar-refractivity contribution in [3.63, 3.8) is 0 Å². The molecule has 0 aliphatic carbocycles. The number of aryl methyl sites for hydroxylation is 1. The van der Waals surface area contributed by atoms with Crippen LogP contribution in [-0.2, 0) is 12.8 Å². The number of nitrogens with one attached hydrogen (secondary N) is 1. The maximum absolute atomic E-state index is 7.31. The Morgan fingerprint density at radius 3 is 2.65 bits per heavy atom. The van der Waals surface area contributed by atoms with Gasteiger partial charge in [0.1, 0.15) is 5.84 Å². The molecule has 1 heterocycles. The van der Waals surface area contributed by atoms with Crippen LogP contribution in [-0.4, -0.2) is 15.4 Å². The Balaban J connectivity index is 2.00. The van der Waals surface area contributed by atoms with Crippen LogP contribution in [0.25, 0.3) is 0 Å². The Kier molecular flexibility index (Phi) is 3.49. The minimum atomic E-state index is 0.105. The average molecular weight is 246 g/mol. The molecule has 0 radical (unpaired) electrons. The van der Waals surface area contributed by atoms with Crippen LogP contribution in [0.4, 0.5) is 0 Å². The first-order valence-corrected chi connectivity index (χ1v) is 6.19. The van der Waals surface area contributed by atoms with Crippen molar-refractivity contribution in [3.8, 4) is 0 Å². The van der Waals surface area contributed by atoms with E-state index in [1.165, 1.54) is 5.56 Å². The van der Waals surface area contributed by atoms with Gasteiger partial charge in [0, 0.05) is 30.8 Å². The number of hydrogen-bond acceptors (Lipinski definition) is 3. The predicted molar refractivity (Wildman–Crippen MR) is 70.2 cm³/mol. The molecule has 0 saturated carbocycles. The van der Waals surface area contributed by atoms with E-state index in [0.29, 0.717) is 0 Å². The zero-order valence-electron chi connectivity index (χ0n) is 9.55. The van der Waals surface area contributed by atoms with Crippen molar-refractivity contribution in [2.24, 2.45) is 12.8 Å². The van der Waals surface area contributed by atoms with Crippen LogP contribution in [0, 0.1) is 5.41 Å². The number of imidazole rings is 1. The summed E-state index contributed by atoms with van der Waals surface area (Å²) in [4.78, 5) is 4.25. The monoisotopic (exact) mass is 246 g/mol. The Hall–Kier alpha value is -1.75. The number of amidine groups is 1. The molecule has 1 aromatic heterocycles. The summed E-state index contributed by atoms with van der Waals surface area (Å²) in [6, 6.07) is 7.73. The SMILES string of the molecule is Cn1ccnc1SCc1ccc(C(=N)N)cc1. The molecule has 4 nitrogen and oxygen atoms in total. The standard InChI is InChI=1S/C12H14N4S/c1-16-7-6-15-12(16)17-8-9-2-4-10(5-3-9)11(13)14/h2-7H,8H2,1H3,(H3,13,14). The Bertz CT molecular complexity index is 516. The lowest BCUT2D eigenvalue weighted by Crippen LogP contribution is -2.10. The highest BCUT2D eigenvalue weighted by atomic mass is 32.2. The van der Waals surface area contributed by atoms with Gasteiger partial charge in [0.25, 0.3) is 0 Å². The lowest BCUT2D eigenvalue weighted by Gasteiger charge is -2.03. The van der Waals surface area contributed by atoms with Crippen LogP contribution < -0.4 is 5.73 Å². The molecule has 0 amide bonds. The van der Waals surface area contributed by atoms with Crippen molar-refractivity contribution in [1.82, 2.24) is 9.55 Å². The second kappa shape index (κ2) is 5.05. The quantitative estimate of drug-likeness (QED) is 0.492. The second-order valence-corrected chi connectivity index (χ2v) is 4.66. The largest absolute Gasteiger partial charge is 0.384 e. The number of benzene rings is 1. The third-order valence-corrected chi connectivity index (χ3v) is 3.54. The van der Waals surface area contributed by atoms with E-state index in [1.807, 2.05) is 42.1 Å². The molecule has 2 aromatic rings. The van der Waals surface area contributed by atoms with Gasteiger partial charge in [-0.1, -0.05) is 36.0 Å². The van der Waals surface area contributed by atoms with Gasteiger partial charge >= 0.3 is 0 Å². The topological polar surface area (TPSA) is 67.7 Å². The van der Waals surface area contributed by atoms with Gasteiger partial charge in [0.15, 0.2) is 5.16 Å². The van der Waals surface area contributed by atoms with Crippen molar-refractivity contribution >= 4 is 17.6 Å². The van der Waals surface area contributed by atoms with E-state index in [9.17, 15) is 0 Å². The first-order chi connectivity index (χ1) is 8.16. The molecule has 0 aliphatic rings. The Morgan fingerprint density at radius 1 is 1.41 bits per heavy atom. The highest BCUT2D eigenvalue weighted by Crippen LogP contribution is 2.20. The minimum absolute atomic E-state index is 0.105. The van der Waals surface area contributed by atoms with Gasteiger partial charge in [-0.15, -0.1) is 0 Å². The molecule has 3 N–H and O–H groups in total. The molecule has 0 unspecified atom stereocenters. The average Bonchev–Trinajstić information content (AvgIpc) is 2.73. The lowest BCUT2D eigenvalue weighted by atomic mass is 10.1. The summed E-state index contributed by atoms with van der Waals surface area (Å²) < 4.78 is 1.99. The summed E-state index contributed by atoms with van der Waals surface area (Å²) in [6.07, 6.45) is 3.72. The molecule has 88 valence electrons. The second-order valence-electron chi connectivity index (χ2n) is 3.72. The van der Waals surface area contributed by atoms with Crippen molar-refractivity contribution in [2.45, 2.75) is 10.9 Å². The summed E-state index contributed by atoms with van der Waals surface area (Å²) in [7, 11) is 1.98. The van der Waals surface area contributed by atoms with Crippen LogP contribution in [0.15, 0.2) is 41.8 Å². The molecule has 2 rings (SSSR count). The van der Waals surface area contributed by atoms with E-state index < -0.39 is 0 Å². The van der Waals surface area contributed by atoms with Crippen molar-refractivity contribution in [3.05, 3.63) is 47.8 Å².